The SMILES string of the molecule is O=C(CC(C(=O)c1ccccn1)c1ccco1)c1cccc(O)c1. The maximum Gasteiger partial charge on any atom is 0.192 e. The first-order valence-corrected chi connectivity index (χ1v) is 7.46. The molecule has 2 aromatic heterocycles. The summed E-state index contributed by atoms with van der Waals surface area (Å²) in [6.45, 7) is 0. The molecule has 5 heteroatoms. The smallest absolute Gasteiger partial charge is 0.192 e. The average molecular weight is 321 g/mol. The summed E-state index contributed by atoms with van der Waals surface area (Å²) >= 11 is 0. The Kier molecular flexibility index (Phi) is 4.52. The molecule has 0 saturated carbocycles. The average Bonchev–Trinajstić information content (AvgIpc) is 3.14. The summed E-state index contributed by atoms with van der Waals surface area (Å²) in [4.78, 5) is 29.3. The molecule has 1 unspecified atom stereocenters. The van der Waals surface area contributed by atoms with Crippen molar-refractivity contribution in [3.63, 3.8) is 0 Å². The second kappa shape index (κ2) is 6.91. The van der Waals surface area contributed by atoms with Gasteiger partial charge in [0.15, 0.2) is 11.6 Å². The lowest BCUT2D eigenvalue weighted by Crippen LogP contribution is -2.18. The Balaban J connectivity index is 1.89. The Bertz CT molecular complexity index is 841. The zero-order valence-corrected chi connectivity index (χ0v) is 12.8. The lowest BCUT2D eigenvalue weighted by atomic mass is 9.90. The Labute approximate surface area is 138 Å². The third-order valence-electron chi connectivity index (χ3n) is 3.68. The minimum absolute atomic E-state index is 0.00597. The van der Waals surface area contributed by atoms with Crippen LogP contribution in [-0.4, -0.2) is 21.7 Å². The van der Waals surface area contributed by atoms with Crippen LogP contribution in [0.25, 0.3) is 0 Å². The van der Waals surface area contributed by atoms with E-state index in [4.69, 9.17) is 4.42 Å². The maximum absolute atomic E-state index is 12.8. The number of pyridine rings is 1. The molecule has 0 radical (unpaired) electrons. The number of phenols is 1. The number of rotatable bonds is 6. The molecule has 0 fully saturated rings. The number of carbonyl (C=O) groups excluding carboxylic acids is 2. The Morgan fingerprint density at radius 2 is 1.96 bits per heavy atom. The second-order valence-electron chi connectivity index (χ2n) is 5.32. The number of hydrogen-bond acceptors (Lipinski definition) is 5. The highest BCUT2D eigenvalue weighted by Crippen LogP contribution is 2.26. The van der Waals surface area contributed by atoms with Crippen molar-refractivity contribution >= 4 is 11.6 Å². The molecule has 0 bridgehead atoms. The molecule has 1 N–H and O–H groups in total. The van der Waals surface area contributed by atoms with Gasteiger partial charge in [-0.15, -0.1) is 0 Å². The molecule has 0 amide bonds. The summed E-state index contributed by atoms with van der Waals surface area (Å²) in [6, 6.07) is 14.4. The predicted octanol–water partition coefficient (Wildman–Crippen LogP) is 3.62. The van der Waals surface area contributed by atoms with E-state index in [1.165, 1.54) is 24.6 Å². The summed E-state index contributed by atoms with van der Waals surface area (Å²) < 4.78 is 5.35. The maximum atomic E-state index is 12.8. The van der Waals surface area contributed by atoms with Crippen molar-refractivity contribution in [1.82, 2.24) is 4.98 Å². The van der Waals surface area contributed by atoms with E-state index in [1.807, 2.05) is 0 Å². The number of hydrogen-bond donors (Lipinski definition) is 1. The molecular formula is C19H15NO4. The Hall–Kier alpha value is -3.21. The van der Waals surface area contributed by atoms with Gasteiger partial charge in [-0.1, -0.05) is 18.2 Å². The van der Waals surface area contributed by atoms with Gasteiger partial charge in [0.2, 0.25) is 0 Å². The first kappa shape index (κ1) is 15.7. The fraction of sp³-hybridized carbons (Fsp3) is 0.105. The number of aromatic nitrogens is 1. The van der Waals surface area contributed by atoms with E-state index >= 15 is 0 Å². The molecule has 3 aromatic rings. The minimum Gasteiger partial charge on any atom is -0.508 e. The van der Waals surface area contributed by atoms with Crippen molar-refractivity contribution in [2.45, 2.75) is 12.3 Å². The third-order valence-corrected chi connectivity index (χ3v) is 3.68. The highest BCUT2D eigenvalue weighted by Gasteiger charge is 2.28. The lowest BCUT2D eigenvalue weighted by molar-refractivity contribution is 0.0880. The number of benzene rings is 1. The van der Waals surface area contributed by atoms with E-state index in [9.17, 15) is 14.7 Å². The number of furan rings is 1. The van der Waals surface area contributed by atoms with E-state index in [1.54, 1.807) is 42.5 Å². The minimum atomic E-state index is -0.759. The molecule has 0 aliphatic carbocycles. The van der Waals surface area contributed by atoms with E-state index in [0.717, 1.165) is 0 Å². The highest BCUT2D eigenvalue weighted by molar-refractivity contribution is 6.05. The van der Waals surface area contributed by atoms with Crippen LogP contribution in [0.5, 0.6) is 5.75 Å². The van der Waals surface area contributed by atoms with Crippen LogP contribution in [0.1, 0.15) is 38.9 Å². The van der Waals surface area contributed by atoms with Crippen molar-refractivity contribution in [3.05, 3.63) is 84.1 Å². The third kappa shape index (κ3) is 3.41. The Morgan fingerprint density at radius 3 is 2.62 bits per heavy atom. The molecule has 120 valence electrons. The van der Waals surface area contributed by atoms with Crippen molar-refractivity contribution in [2.24, 2.45) is 0 Å². The molecular weight excluding hydrogens is 306 g/mol. The van der Waals surface area contributed by atoms with Gasteiger partial charge in [0.1, 0.15) is 17.2 Å². The van der Waals surface area contributed by atoms with Gasteiger partial charge in [0.25, 0.3) is 0 Å². The summed E-state index contributed by atoms with van der Waals surface area (Å²) in [5.41, 5.74) is 0.628. The van der Waals surface area contributed by atoms with E-state index in [-0.39, 0.29) is 29.4 Å². The van der Waals surface area contributed by atoms with Crippen molar-refractivity contribution in [2.75, 3.05) is 0 Å². The molecule has 0 spiro atoms. The van der Waals surface area contributed by atoms with Crippen LogP contribution in [0.3, 0.4) is 0 Å². The fourth-order valence-electron chi connectivity index (χ4n) is 2.48. The summed E-state index contributed by atoms with van der Waals surface area (Å²) in [6.07, 6.45) is 2.93. The van der Waals surface area contributed by atoms with E-state index in [0.29, 0.717) is 11.3 Å². The van der Waals surface area contributed by atoms with Crippen molar-refractivity contribution in [1.29, 1.82) is 0 Å². The van der Waals surface area contributed by atoms with Gasteiger partial charge < -0.3 is 9.52 Å². The molecule has 0 aliphatic rings. The number of nitrogens with zero attached hydrogens (tertiary/aromatic N) is 1. The number of aromatic hydroxyl groups is 1. The lowest BCUT2D eigenvalue weighted by Gasteiger charge is -2.12. The molecule has 0 aliphatic heterocycles. The molecule has 5 nitrogen and oxygen atoms in total. The van der Waals surface area contributed by atoms with E-state index in [2.05, 4.69) is 4.98 Å². The van der Waals surface area contributed by atoms with Gasteiger partial charge in [0.05, 0.1) is 12.2 Å². The van der Waals surface area contributed by atoms with Crippen LogP contribution in [-0.2, 0) is 0 Å². The van der Waals surface area contributed by atoms with Crippen LogP contribution >= 0.6 is 0 Å². The van der Waals surface area contributed by atoms with Gasteiger partial charge in [-0.25, -0.2) is 0 Å². The molecule has 3 rings (SSSR count). The number of ketones is 2. The second-order valence-corrected chi connectivity index (χ2v) is 5.32. The van der Waals surface area contributed by atoms with Gasteiger partial charge in [0, 0.05) is 18.2 Å². The molecule has 2 heterocycles. The molecule has 1 aromatic carbocycles. The zero-order valence-electron chi connectivity index (χ0n) is 12.8. The van der Waals surface area contributed by atoms with Gasteiger partial charge in [-0.05, 0) is 36.4 Å². The first-order chi connectivity index (χ1) is 11.6. The van der Waals surface area contributed by atoms with E-state index < -0.39 is 5.92 Å². The van der Waals surface area contributed by atoms with Crippen LogP contribution in [0.15, 0.2) is 71.5 Å². The van der Waals surface area contributed by atoms with Crippen LogP contribution in [0, 0.1) is 0 Å². The van der Waals surface area contributed by atoms with Crippen LogP contribution < -0.4 is 0 Å². The number of carbonyl (C=O) groups is 2. The Morgan fingerprint density at radius 1 is 1.08 bits per heavy atom. The monoisotopic (exact) mass is 321 g/mol. The van der Waals surface area contributed by atoms with Crippen LogP contribution in [0.2, 0.25) is 0 Å². The normalized spacial score (nSPS) is 11.8. The summed E-state index contributed by atoms with van der Waals surface area (Å²) in [7, 11) is 0. The quantitative estimate of drug-likeness (QED) is 0.701. The zero-order chi connectivity index (χ0) is 16.9. The number of phenolic OH excluding ortho intramolecular Hbond substituents is 1. The van der Waals surface area contributed by atoms with Gasteiger partial charge in [-0.2, -0.15) is 0 Å². The molecule has 1 atom stereocenters. The van der Waals surface area contributed by atoms with Crippen molar-refractivity contribution < 1.29 is 19.1 Å². The van der Waals surface area contributed by atoms with Crippen LogP contribution in [0.4, 0.5) is 0 Å². The molecule has 0 saturated heterocycles. The standard InChI is InChI=1S/C19H15NO4/c21-14-6-3-5-13(11-14)17(22)12-15(18-8-4-10-24-18)19(23)16-7-1-2-9-20-16/h1-11,15,21H,12H2. The predicted molar refractivity (Wildman–Crippen MR) is 87.1 cm³/mol. The molecule has 24 heavy (non-hydrogen) atoms. The van der Waals surface area contributed by atoms with Gasteiger partial charge >= 0.3 is 0 Å². The number of Topliss-reactive ketones (excluding diaryl/α,β-unsaturated/α-hetero) is 2. The fourth-order valence-corrected chi connectivity index (χ4v) is 2.48. The largest absolute Gasteiger partial charge is 0.508 e. The highest BCUT2D eigenvalue weighted by atomic mass is 16.3. The topological polar surface area (TPSA) is 80.4 Å². The summed E-state index contributed by atoms with van der Waals surface area (Å²) in [5, 5.41) is 9.52. The van der Waals surface area contributed by atoms with Gasteiger partial charge in [-0.3, -0.25) is 14.6 Å². The van der Waals surface area contributed by atoms with Crippen molar-refractivity contribution in [3.8, 4) is 5.75 Å². The first-order valence-electron chi connectivity index (χ1n) is 7.46. The summed E-state index contributed by atoms with van der Waals surface area (Å²) in [5.74, 6) is -0.869.